The summed E-state index contributed by atoms with van der Waals surface area (Å²) in [7, 11) is 1.37. The molecule has 0 fully saturated rings. The van der Waals surface area contributed by atoms with Crippen LogP contribution in [0.4, 0.5) is 10.7 Å². The largest absolute Gasteiger partial charge is 0.466 e. The van der Waals surface area contributed by atoms with Crippen LogP contribution in [-0.2, 0) is 51.3 Å². The number of carbonyl (C=O) groups is 5. The Balaban J connectivity index is 1.22. The summed E-state index contributed by atoms with van der Waals surface area (Å²) >= 11 is 1.49. The highest BCUT2D eigenvalue weighted by Crippen LogP contribution is 2.39. The van der Waals surface area contributed by atoms with Crippen molar-refractivity contribution in [3.8, 4) is 0 Å². The molecule has 0 saturated carbocycles. The van der Waals surface area contributed by atoms with Crippen LogP contribution in [0.25, 0.3) is 0 Å². The molecule has 0 radical (unpaired) electrons. The van der Waals surface area contributed by atoms with Gasteiger partial charge in [0.05, 0.1) is 31.3 Å². The molecule has 3 amide bonds. The summed E-state index contributed by atoms with van der Waals surface area (Å²) in [6.07, 6.45) is 5.47. The third-order valence-electron chi connectivity index (χ3n) is 10.6. The standard InChI is InChI=1S/C47H58N4O7S/c1-7-58-42(53)26-25-41(52)51(32(4)5)28-27-50(31(2)3)30-35-11-10-12-37(29-35)44(54)49-46-43(39-13-8-9-14-40(39)59-46)45(55)48-38-23-19-34(20-24-38)16-15-33-17-21-36(22-18-33)47(56)57-6/h10-12,17-24,29,31-32H,7-9,13-16,25-28,30H2,1-6H3,(H,48,55)(H,49,54). The van der Waals surface area contributed by atoms with Gasteiger partial charge in [-0.05, 0) is 132 Å². The summed E-state index contributed by atoms with van der Waals surface area (Å²) in [5, 5.41) is 6.75. The summed E-state index contributed by atoms with van der Waals surface area (Å²) < 4.78 is 9.79. The second-order valence-electron chi connectivity index (χ2n) is 15.5. The average Bonchev–Trinajstić information content (AvgIpc) is 3.60. The van der Waals surface area contributed by atoms with Crippen LogP contribution >= 0.6 is 11.3 Å². The van der Waals surface area contributed by atoms with Crippen molar-refractivity contribution < 1.29 is 33.4 Å². The number of aryl methyl sites for hydroxylation is 3. The van der Waals surface area contributed by atoms with Crippen LogP contribution in [0.5, 0.6) is 0 Å². The van der Waals surface area contributed by atoms with E-state index in [1.54, 1.807) is 30.0 Å². The average molecular weight is 823 g/mol. The fraction of sp³-hybridized carbons (Fsp3) is 0.426. The van der Waals surface area contributed by atoms with Gasteiger partial charge in [-0.2, -0.15) is 0 Å². The number of esters is 2. The maximum atomic E-state index is 14.0. The van der Waals surface area contributed by atoms with Gasteiger partial charge in [0.25, 0.3) is 11.8 Å². The van der Waals surface area contributed by atoms with Crippen molar-refractivity contribution in [2.75, 3.05) is 37.4 Å². The first kappa shape index (κ1) is 44.8. The lowest BCUT2D eigenvalue weighted by molar-refractivity contribution is -0.146. The zero-order chi connectivity index (χ0) is 42.5. The summed E-state index contributed by atoms with van der Waals surface area (Å²) in [5.41, 5.74) is 6.43. The van der Waals surface area contributed by atoms with Crippen molar-refractivity contribution in [3.05, 3.63) is 117 Å². The second-order valence-corrected chi connectivity index (χ2v) is 16.6. The number of methoxy groups -OCH3 is 1. The van der Waals surface area contributed by atoms with E-state index in [1.165, 1.54) is 18.4 Å². The van der Waals surface area contributed by atoms with Gasteiger partial charge in [0.1, 0.15) is 5.00 Å². The molecule has 1 aliphatic carbocycles. The van der Waals surface area contributed by atoms with E-state index in [9.17, 15) is 24.0 Å². The normalized spacial score (nSPS) is 12.3. The molecule has 12 heteroatoms. The van der Waals surface area contributed by atoms with Gasteiger partial charge in [-0.1, -0.05) is 36.4 Å². The second kappa shape index (κ2) is 21.6. The molecule has 11 nitrogen and oxygen atoms in total. The Labute approximate surface area is 352 Å². The van der Waals surface area contributed by atoms with Crippen LogP contribution in [-0.4, -0.2) is 78.3 Å². The molecule has 314 valence electrons. The zero-order valence-electron chi connectivity index (χ0n) is 35.2. The van der Waals surface area contributed by atoms with Gasteiger partial charge >= 0.3 is 11.9 Å². The molecule has 59 heavy (non-hydrogen) atoms. The molecule has 0 aliphatic heterocycles. The molecule has 0 unspecified atom stereocenters. The smallest absolute Gasteiger partial charge is 0.337 e. The van der Waals surface area contributed by atoms with Gasteiger partial charge in [-0.15, -0.1) is 11.3 Å². The Morgan fingerprint density at radius 3 is 2.07 bits per heavy atom. The lowest BCUT2D eigenvalue weighted by atomic mass is 9.95. The Kier molecular flexibility index (Phi) is 16.4. The number of anilines is 2. The summed E-state index contributed by atoms with van der Waals surface area (Å²) in [6.45, 7) is 11.9. The molecule has 1 heterocycles. The minimum atomic E-state index is -0.368. The van der Waals surface area contributed by atoms with E-state index in [4.69, 9.17) is 9.47 Å². The highest BCUT2D eigenvalue weighted by molar-refractivity contribution is 7.17. The van der Waals surface area contributed by atoms with E-state index in [1.807, 2.05) is 68.4 Å². The van der Waals surface area contributed by atoms with Gasteiger partial charge in [-0.25, -0.2) is 4.79 Å². The number of hydrogen-bond donors (Lipinski definition) is 2. The highest BCUT2D eigenvalue weighted by Gasteiger charge is 2.27. The molecular formula is C47H58N4O7S. The summed E-state index contributed by atoms with van der Waals surface area (Å²) in [4.78, 5) is 69.7. The van der Waals surface area contributed by atoms with Crippen LogP contribution in [0.3, 0.4) is 0 Å². The van der Waals surface area contributed by atoms with Gasteiger partial charge in [-0.3, -0.25) is 24.1 Å². The Bertz CT molecular complexity index is 2070. The lowest BCUT2D eigenvalue weighted by Gasteiger charge is -2.32. The minimum absolute atomic E-state index is 0.0242. The molecule has 4 aromatic rings. The Morgan fingerprint density at radius 1 is 0.746 bits per heavy atom. The number of nitrogens with one attached hydrogen (secondary N) is 2. The third kappa shape index (κ3) is 12.6. The van der Waals surface area contributed by atoms with Crippen LogP contribution in [0, 0.1) is 0 Å². The van der Waals surface area contributed by atoms with Crippen molar-refractivity contribution in [3.63, 3.8) is 0 Å². The molecular weight excluding hydrogens is 765 g/mol. The first-order valence-electron chi connectivity index (χ1n) is 20.7. The van der Waals surface area contributed by atoms with Crippen LogP contribution in [0.1, 0.15) is 119 Å². The first-order chi connectivity index (χ1) is 28.4. The Morgan fingerprint density at radius 2 is 1.42 bits per heavy atom. The van der Waals surface area contributed by atoms with E-state index in [2.05, 4.69) is 29.4 Å². The number of hydrogen-bond acceptors (Lipinski definition) is 9. The molecule has 1 aliphatic rings. The van der Waals surface area contributed by atoms with E-state index < -0.39 is 0 Å². The lowest BCUT2D eigenvalue weighted by Crippen LogP contribution is -2.44. The van der Waals surface area contributed by atoms with Gasteiger partial charge < -0.3 is 25.0 Å². The number of amides is 3. The maximum Gasteiger partial charge on any atom is 0.337 e. The summed E-state index contributed by atoms with van der Waals surface area (Å²) in [5.74, 6) is -1.32. The van der Waals surface area contributed by atoms with Crippen LogP contribution in [0.2, 0.25) is 0 Å². The molecule has 0 bridgehead atoms. The predicted molar refractivity (Wildman–Crippen MR) is 233 cm³/mol. The molecule has 1 aromatic heterocycles. The van der Waals surface area contributed by atoms with Gasteiger partial charge in [0.15, 0.2) is 0 Å². The first-order valence-corrected chi connectivity index (χ1v) is 21.5. The van der Waals surface area contributed by atoms with E-state index in [0.29, 0.717) is 53.6 Å². The van der Waals surface area contributed by atoms with Crippen molar-refractivity contribution in [1.82, 2.24) is 9.80 Å². The summed E-state index contributed by atoms with van der Waals surface area (Å²) in [6, 6.07) is 22.9. The molecule has 0 saturated heterocycles. The molecule has 3 aromatic carbocycles. The van der Waals surface area contributed by atoms with Crippen molar-refractivity contribution >= 4 is 51.7 Å². The molecule has 2 N–H and O–H groups in total. The molecule has 5 rings (SSSR count). The quantitative estimate of drug-likeness (QED) is 0.0900. The number of benzene rings is 3. The van der Waals surface area contributed by atoms with Crippen molar-refractivity contribution in [2.45, 2.75) is 105 Å². The predicted octanol–water partition coefficient (Wildman–Crippen LogP) is 8.49. The number of fused-ring (bicyclic) bond motifs is 1. The van der Waals surface area contributed by atoms with Crippen molar-refractivity contribution in [2.24, 2.45) is 0 Å². The van der Waals surface area contributed by atoms with Crippen molar-refractivity contribution in [1.29, 1.82) is 0 Å². The van der Waals surface area contributed by atoms with Crippen LogP contribution in [0.15, 0.2) is 72.8 Å². The fourth-order valence-electron chi connectivity index (χ4n) is 7.29. The number of ether oxygens (including phenoxy) is 2. The Hall–Kier alpha value is -5.33. The van der Waals surface area contributed by atoms with Crippen LogP contribution < -0.4 is 10.6 Å². The maximum absolute atomic E-state index is 14.0. The van der Waals surface area contributed by atoms with E-state index >= 15 is 0 Å². The monoisotopic (exact) mass is 822 g/mol. The fourth-order valence-corrected chi connectivity index (χ4v) is 8.57. The number of nitrogens with zero attached hydrogens (tertiary/aromatic N) is 2. The number of thiophene rings is 1. The SMILES string of the molecule is CCOC(=O)CCC(=O)N(CCN(Cc1cccc(C(=O)Nc2sc3c(c2C(=O)Nc2ccc(CCc4ccc(C(=O)OC)cc4)cc2)CCCC3)c1)C(C)C)C(C)C. The van der Waals surface area contributed by atoms with E-state index in [0.717, 1.165) is 65.7 Å². The highest BCUT2D eigenvalue weighted by atomic mass is 32.1. The zero-order valence-corrected chi connectivity index (χ0v) is 36.0. The third-order valence-corrected chi connectivity index (χ3v) is 11.8. The number of carbonyl (C=O) groups excluding carboxylic acids is 5. The number of rotatable bonds is 19. The minimum Gasteiger partial charge on any atom is -0.466 e. The molecule has 0 spiro atoms. The van der Waals surface area contributed by atoms with Gasteiger partial charge in [0, 0.05) is 54.3 Å². The van der Waals surface area contributed by atoms with Gasteiger partial charge in [0.2, 0.25) is 5.91 Å². The van der Waals surface area contributed by atoms with E-state index in [-0.39, 0.29) is 54.6 Å². The topological polar surface area (TPSA) is 134 Å². The molecule has 0 atom stereocenters.